The topological polar surface area (TPSA) is 178 Å². The molecule has 0 aromatic heterocycles. The van der Waals surface area contributed by atoms with Gasteiger partial charge in [0.25, 0.3) is 0 Å². The van der Waals surface area contributed by atoms with Gasteiger partial charge in [-0.1, -0.05) is 197 Å². The van der Waals surface area contributed by atoms with Crippen molar-refractivity contribution in [3.63, 3.8) is 0 Å². The first-order valence-corrected chi connectivity index (χ1v) is 29.4. The first-order valence-electron chi connectivity index (χ1n) is 29.4. The standard InChI is InChI=1S/C73H94O12/c1-68(2,3)53-21-23-59(74)43(30-53)25-49-36-57(72(13,14)15)37-50(66(49)84-41-62(77)78)28-47-34-56(71(10,11)12)35-48(65(47)82-20)29-52-39-58(73(16,17)18)38-51(67(52)85-42-63(79)80)27-46-33-55(70(7,8)9)32-45(64(46)81-19)26-44-31-54(69(4,5)6)22-24-60(44)83-40-61(75)76/h21-24,30-39,74H,25-29,40-42H2,1-20H3,(H,75,76)(H,77,78)(H,79,80). The Morgan fingerprint density at radius 1 is 0.318 bits per heavy atom. The van der Waals surface area contributed by atoms with Crippen LogP contribution in [0.1, 0.15) is 214 Å². The average Bonchev–Trinajstić information content (AvgIpc) is 3.15. The Bertz CT molecular complexity index is 3430. The second kappa shape index (κ2) is 25.6. The maximum absolute atomic E-state index is 12.6. The van der Waals surface area contributed by atoms with Gasteiger partial charge in [0, 0.05) is 32.1 Å². The molecule has 12 nitrogen and oxygen atoms in total. The zero-order valence-corrected chi connectivity index (χ0v) is 54.3. The second-order valence-electron chi connectivity index (χ2n) is 29.0. The maximum atomic E-state index is 12.6. The molecule has 0 aliphatic rings. The number of hydrogen-bond acceptors (Lipinski definition) is 9. The molecule has 0 atom stereocenters. The van der Waals surface area contributed by atoms with Crippen LogP contribution in [0.5, 0.6) is 34.5 Å². The summed E-state index contributed by atoms with van der Waals surface area (Å²) in [5.74, 6) is -0.637. The fourth-order valence-corrected chi connectivity index (χ4v) is 10.6. The molecule has 0 aliphatic carbocycles. The summed E-state index contributed by atoms with van der Waals surface area (Å²) in [7, 11) is 3.30. The number of hydrogen-bond donors (Lipinski definition) is 4. The van der Waals surface area contributed by atoms with Crippen molar-refractivity contribution in [1.29, 1.82) is 0 Å². The van der Waals surface area contributed by atoms with Crippen molar-refractivity contribution in [3.05, 3.63) is 174 Å². The van der Waals surface area contributed by atoms with E-state index in [1.165, 1.54) is 0 Å². The van der Waals surface area contributed by atoms with Gasteiger partial charge in [-0.15, -0.1) is 0 Å². The minimum atomic E-state index is -1.13. The number of rotatable bonds is 21. The van der Waals surface area contributed by atoms with Gasteiger partial charge in [-0.3, -0.25) is 0 Å². The van der Waals surface area contributed by atoms with E-state index in [2.05, 4.69) is 179 Å². The summed E-state index contributed by atoms with van der Waals surface area (Å²) in [6.07, 6.45) is 1.50. The molecule has 0 spiro atoms. The number of aliphatic carboxylic acids is 3. The number of methoxy groups -OCH3 is 2. The molecule has 0 aliphatic heterocycles. The van der Waals surface area contributed by atoms with Crippen molar-refractivity contribution in [2.45, 2.75) is 189 Å². The second-order valence-corrected chi connectivity index (χ2v) is 29.0. The summed E-state index contributed by atoms with van der Waals surface area (Å²) >= 11 is 0. The molecule has 0 heterocycles. The zero-order chi connectivity index (χ0) is 63.5. The molecule has 0 bridgehead atoms. The van der Waals surface area contributed by atoms with Gasteiger partial charge in [0.2, 0.25) is 0 Å². The van der Waals surface area contributed by atoms with Crippen LogP contribution in [0.15, 0.2) is 84.9 Å². The number of carboxylic acids is 3. The third-order valence-corrected chi connectivity index (χ3v) is 15.7. The van der Waals surface area contributed by atoms with Gasteiger partial charge in [-0.05, 0) is 134 Å². The van der Waals surface area contributed by atoms with Crippen molar-refractivity contribution in [2.75, 3.05) is 34.0 Å². The number of ether oxygens (including phenoxy) is 5. The number of benzene rings is 6. The Kier molecular flexibility index (Phi) is 20.1. The molecular formula is C73H94O12. The van der Waals surface area contributed by atoms with Crippen molar-refractivity contribution >= 4 is 17.9 Å². The smallest absolute Gasteiger partial charge is 0.341 e. The van der Waals surface area contributed by atoms with Crippen LogP contribution < -0.4 is 23.7 Å². The highest BCUT2D eigenvalue weighted by Gasteiger charge is 2.30. The predicted molar refractivity (Wildman–Crippen MR) is 339 cm³/mol. The Hall–Kier alpha value is -7.47. The van der Waals surface area contributed by atoms with E-state index in [1.54, 1.807) is 20.3 Å². The lowest BCUT2D eigenvalue weighted by Gasteiger charge is -2.28. The predicted octanol–water partition coefficient (Wildman–Crippen LogP) is 15.5. The highest BCUT2D eigenvalue weighted by molar-refractivity contribution is 5.70. The highest BCUT2D eigenvalue weighted by Crippen LogP contribution is 2.44. The van der Waals surface area contributed by atoms with E-state index in [-0.39, 0.29) is 57.5 Å². The van der Waals surface area contributed by atoms with Gasteiger partial charge >= 0.3 is 17.9 Å². The maximum Gasteiger partial charge on any atom is 0.341 e. The first kappa shape index (κ1) is 66.7. The van der Waals surface area contributed by atoms with Crippen molar-refractivity contribution < 1.29 is 58.5 Å². The number of phenolic OH excluding ortho intramolecular Hbond substituents is 1. The monoisotopic (exact) mass is 1160 g/mol. The molecule has 0 amide bonds. The summed E-state index contributed by atoms with van der Waals surface area (Å²) in [6, 6.07) is 28.6. The van der Waals surface area contributed by atoms with E-state index in [4.69, 9.17) is 23.7 Å². The first-order chi connectivity index (χ1) is 39.2. The Balaban J connectivity index is 1.61. The Labute approximate surface area is 505 Å². The largest absolute Gasteiger partial charge is 0.508 e. The third-order valence-electron chi connectivity index (χ3n) is 15.7. The SMILES string of the molecule is COc1c(Cc2cc(C(C)(C)C)ccc2OCC(=O)O)cc(C(C)(C)C)cc1Cc1cc(C(C)(C)C)cc(Cc2cc(C(C)(C)C)cc(Cc3cc(C(C)(C)C)cc(Cc4cc(C(C)(C)C)ccc4O)c3OCC(=O)O)c2OC)c1OCC(=O)O. The van der Waals surface area contributed by atoms with Gasteiger partial charge in [-0.2, -0.15) is 0 Å². The number of carboxylic acid groups (broad SMARTS) is 3. The number of carbonyl (C=O) groups is 3. The van der Waals surface area contributed by atoms with E-state index in [1.807, 2.05) is 24.3 Å². The molecule has 6 rings (SSSR count). The number of phenols is 1. The quantitative estimate of drug-likeness (QED) is 0.0537. The number of aromatic hydroxyl groups is 1. The molecule has 0 fully saturated rings. The lowest BCUT2D eigenvalue weighted by molar-refractivity contribution is -0.140. The summed E-state index contributed by atoms with van der Waals surface area (Å²) < 4.78 is 31.7. The molecule has 0 saturated heterocycles. The van der Waals surface area contributed by atoms with Crippen LogP contribution in [0.4, 0.5) is 0 Å². The molecule has 0 saturated carbocycles. The molecule has 6 aromatic carbocycles. The van der Waals surface area contributed by atoms with E-state index in [0.29, 0.717) is 47.2 Å². The lowest BCUT2D eigenvalue weighted by atomic mass is 9.80. The van der Waals surface area contributed by atoms with Crippen LogP contribution in [0.2, 0.25) is 0 Å². The van der Waals surface area contributed by atoms with Crippen LogP contribution in [0, 0.1) is 0 Å². The van der Waals surface area contributed by atoms with Crippen molar-refractivity contribution in [1.82, 2.24) is 0 Å². The lowest BCUT2D eigenvalue weighted by Crippen LogP contribution is -2.18. The summed E-state index contributed by atoms with van der Waals surface area (Å²) in [5.41, 5.74) is 12.3. The van der Waals surface area contributed by atoms with E-state index in [0.717, 1.165) is 83.5 Å². The fraction of sp³-hybridized carbons (Fsp3) is 0.466. The van der Waals surface area contributed by atoms with Gasteiger partial charge in [0.05, 0.1) is 14.2 Å². The molecular weight excluding hydrogens is 1070 g/mol. The zero-order valence-electron chi connectivity index (χ0n) is 54.3. The van der Waals surface area contributed by atoms with Crippen molar-refractivity contribution in [3.8, 4) is 34.5 Å². The Morgan fingerprint density at radius 2 is 0.553 bits per heavy atom. The summed E-state index contributed by atoms with van der Waals surface area (Å²) in [5, 5.41) is 41.4. The third kappa shape index (κ3) is 17.1. The van der Waals surface area contributed by atoms with E-state index < -0.39 is 37.7 Å². The Morgan fingerprint density at radius 3 is 0.835 bits per heavy atom. The molecule has 12 heteroatoms. The highest BCUT2D eigenvalue weighted by atomic mass is 16.5. The van der Waals surface area contributed by atoms with E-state index in [9.17, 15) is 34.8 Å². The normalized spacial score (nSPS) is 12.5. The van der Waals surface area contributed by atoms with E-state index >= 15 is 0 Å². The fourth-order valence-electron chi connectivity index (χ4n) is 10.6. The van der Waals surface area contributed by atoms with Crippen LogP contribution in [0.25, 0.3) is 0 Å². The molecule has 0 radical (unpaired) electrons. The minimum Gasteiger partial charge on any atom is -0.508 e. The average molecular weight is 1160 g/mol. The van der Waals surface area contributed by atoms with Crippen LogP contribution in [-0.4, -0.2) is 72.4 Å². The molecule has 4 N–H and O–H groups in total. The summed E-state index contributed by atoms with van der Waals surface area (Å²) in [6.45, 7) is 36.8. The molecule has 85 heavy (non-hydrogen) atoms. The molecule has 458 valence electrons. The summed E-state index contributed by atoms with van der Waals surface area (Å²) in [4.78, 5) is 36.8. The van der Waals surface area contributed by atoms with Crippen LogP contribution in [-0.2, 0) is 79.0 Å². The van der Waals surface area contributed by atoms with Crippen molar-refractivity contribution in [2.24, 2.45) is 0 Å². The minimum absolute atomic E-state index is 0.134. The van der Waals surface area contributed by atoms with Gasteiger partial charge in [-0.25, -0.2) is 14.4 Å². The van der Waals surface area contributed by atoms with Crippen LogP contribution in [0.3, 0.4) is 0 Å². The van der Waals surface area contributed by atoms with Gasteiger partial charge in [0.15, 0.2) is 19.8 Å². The van der Waals surface area contributed by atoms with Crippen LogP contribution >= 0.6 is 0 Å². The van der Waals surface area contributed by atoms with Gasteiger partial charge < -0.3 is 44.1 Å². The van der Waals surface area contributed by atoms with Gasteiger partial charge in [0.1, 0.15) is 34.5 Å². The molecule has 6 aromatic rings. The molecule has 0 unspecified atom stereocenters.